The van der Waals surface area contributed by atoms with Crippen LogP contribution in [-0.2, 0) is 32.7 Å². The van der Waals surface area contributed by atoms with Gasteiger partial charge in [-0.1, -0.05) is 6.92 Å². The Balaban J connectivity index is 2.86. The van der Waals surface area contributed by atoms with Gasteiger partial charge < -0.3 is 23.8 Å². The van der Waals surface area contributed by atoms with Crippen LogP contribution in [0.2, 0.25) is 0 Å². The van der Waals surface area contributed by atoms with Crippen molar-refractivity contribution in [3.05, 3.63) is 24.0 Å². The Labute approximate surface area is 150 Å². The third-order valence-electron chi connectivity index (χ3n) is 4.34. The molecule has 0 N–H and O–H groups in total. The van der Waals surface area contributed by atoms with Crippen LogP contribution in [-0.4, -0.2) is 72.7 Å². The fourth-order valence-electron chi connectivity index (χ4n) is 2.51. The fourth-order valence-corrected chi connectivity index (χ4v) is 2.51. The third kappa shape index (κ3) is 6.51. The molecule has 1 unspecified atom stereocenters. The van der Waals surface area contributed by atoms with Crippen molar-refractivity contribution in [1.29, 1.82) is 0 Å². The molecule has 0 radical (unpaired) electrons. The van der Waals surface area contributed by atoms with E-state index in [0.29, 0.717) is 19.7 Å². The number of aryl methyl sites for hydroxylation is 1. The number of ether oxygens (including phenoxy) is 2. The Bertz CT molecular complexity index is 544. The van der Waals surface area contributed by atoms with Crippen molar-refractivity contribution in [1.82, 2.24) is 14.4 Å². The largest absolute Gasteiger partial charge is 0.383 e. The van der Waals surface area contributed by atoms with Gasteiger partial charge in [-0.2, -0.15) is 0 Å². The Hall–Kier alpha value is -1.86. The standard InChI is InChI=1S/C18H31N3O4/c1-6-15(2)21(18(23)14-25-5)13-17(22)20(10-11-24-4)12-16-8-7-9-19(16)3/h7-9,15H,6,10-14H2,1-5H3. The van der Waals surface area contributed by atoms with E-state index in [1.54, 1.807) is 16.9 Å². The molecule has 0 aromatic carbocycles. The highest BCUT2D eigenvalue weighted by molar-refractivity contribution is 5.85. The molecule has 142 valence electrons. The molecule has 1 aromatic rings. The summed E-state index contributed by atoms with van der Waals surface area (Å²) in [4.78, 5) is 28.5. The van der Waals surface area contributed by atoms with Crippen molar-refractivity contribution in [2.24, 2.45) is 7.05 Å². The van der Waals surface area contributed by atoms with Gasteiger partial charge in [0.2, 0.25) is 11.8 Å². The molecule has 0 saturated heterocycles. The molecule has 0 aliphatic heterocycles. The lowest BCUT2D eigenvalue weighted by Gasteiger charge is -2.31. The van der Waals surface area contributed by atoms with Crippen LogP contribution >= 0.6 is 0 Å². The molecule has 7 nitrogen and oxygen atoms in total. The quantitative estimate of drug-likeness (QED) is 0.601. The normalized spacial score (nSPS) is 12.0. The molecule has 2 amide bonds. The molecular weight excluding hydrogens is 322 g/mol. The maximum absolute atomic E-state index is 12.9. The van der Waals surface area contributed by atoms with Crippen molar-refractivity contribution >= 4 is 11.8 Å². The van der Waals surface area contributed by atoms with Crippen LogP contribution in [0.15, 0.2) is 18.3 Å². The zero-order valence-electron chi connectivity index (χ0n) is 16.0. The zero-order chi connectivity index (χ0) is 18.8. The van der Waals surface area contributed by atoms with Crippen molar-refractivity contribution < 1.29 is 19.1 Å². The molecule has 0 bridgehead atoms. The van der Waals surface area contributed by atoms with Gasteiger partial charge in [0.1, 0.15) is 13.2 Å². The predicted octanol–water partition coefficient (Wildman–Crippen LogP) is 1.27. The second-order valence-electron chi connectivity index (χ2n) is 6.13. The highest BCUT2D eigenvalue weighted by Gasteiger charge is 2.24. The van der Waals surface area contributed by atoms with Crippen LogP contribution in [0.25, 0.3) is 0 Å². The van der Waals surface area contributed by atoms with Crippen LogP contribution in [0.5, 0.6) is 0 Å². The van der Waals surface area contributed by atoms with E-state index in [9.17, 15) is 9.59 Å². The lowest BCUT2D eigenvalue weighted by Crippen LogP contribution is -2.48. The number of carbonyl (C=O) groups excluding carboxylic acids is 2. The molecule has 25 heavy (non-hydrogen) atoms. The zero-order valence-corrected chi connectivity index (χ0v) is 16.0. The summed E-state index contributed by atoms with van der Waals surface area (Å²) in [5.74, 6) is -0.265. The van der Waals surface area contributed by atoms with E-state index in [2.05, 4.69) is 0 Å². The lowest BCUT2D eigenvalue weighted by molar-refractivity contribution is -0.145. The maximum atomic E-state index is 12.9. The summed E-state index contributed by atoms with van der Waals surface area (Å²) >= 11 is 0. The third-order valence-corrected chi connectivity index (χ3v) is 4.34. The minimum atomic E-state index is -0.171. The summed E-state index contributed by atoms with van der Waals surface area (Å²) in [7, 11) is 5.04. The van der Waals surface area contributed by atoms with Crippen molar-refractivity contribution in [2.45, 2.75) is 32.9 Å². The predicted molar refractivity (Wildman–Crippen MR) is 96.0 cm³/mol. The van der Waals surface area contributed by atoms with E-state index in [4.69, 9.17) is 9.47 Å². The van der Waals surface area contributed by atoms with Gasteiger partial charge in [0, 0.05) is 45.7 Å². The highest BCUT2D eigenvalue weighted by Crippen LogP contribution is 2.09. The molecular formula is C18H31N3O4. The Morgan fingerprint density at radius 1 is 1.24 bits per heavy atom. The first-order chi connectivity index (χ1) is 11.9. The van der Waals surface area contributed by atoms with Gasteiger partial charge in [-0.25, -0.2) is 0 Å². The van der Waals surface area contributed by atoms with E-state index in [1.807, 2.05) is 43.8 Å². The molecule has 0 aliphatic rings. The number of aromatic nitrogens is 1. The average Bonchev–Trinajstić information content (AvgIpc) is 3.00. The molecule has 0 saturated carbocycles. The molecule has 1 rings (SSSR count). The Morgan fingerprint density at radius 2 is 1.96 bits per heavy atom. The van der Waals surface area contributed by atoms with E-state index < -0.39 is 0 Å². The van der Waals surface area contributed by atoms with Crippen LogP contribution < -0.4 is 0 Å². The van der Waals surface area contributed by atoms with Gasteiger partial charge in [0.15, 0.2) is 0 Å². The summed E-state index contributed by atoms with van der Waals surface area (Å²) in [5, 5.41) is 0. The number of nitrogens with zero attached hydrogens (tertiary/aromatic N) is 3. The SMILES string of the molecule is CCC(C)N(CC(=O)N(CCOC)Cc1cccn1C)C(=O)COC. The van der Waals surface area contributed by atoms with Crippen molar-refractivity contribution in [3.8, 4) is 0 Å². The van der Waals surface area contributed by atoms with Gasteiger partial charge in [-0.05, 0) is 25.5 Å². The summed E-state index contributed by atoms with van der Waals surface area (Å²) in [6, 6.07) is 3.91. The van der Waals surface area contributed by atoms with Gasteiger partial charge in [-0.3, -0.25) is 9.59 Å². The Morgan fingerprint density at radius 3 is 2.48 bits per heavy atom. The smallest absolute Gasteiger partial charge is 0.249 e. The second-order valence-corrected chi connectivity index (χ2v) is 6.13. The van der Waals surface area contributed by atoms with E-state index in [-0.39, 0.29) is 31.0 Å². The molecule has 1 aromatic heterocycles. The van der Waals surface area contributed by atoms with Crippen LogP contribution in [0.1, 0.15) is 26.0 Å². The van der Waals surface area contributed by atoms with E-state index in [1.165, 1.54) is 7.11 Å². The molecule has 0 fully saturated rings. The number of hydrogen-bond donors (Lipinski definition) is 0. The number of methoxy groups -OCH3 is 2. The van der Waals surface area contributed by atoms with Gasteiger partial charge in [-0.15, -0.1) is 0 Å². The van der Waals surface area contributed by atoms with Gasteiger partial charge in [0.05, 0.1) is 13.2 Å². The summed E-state index contributed by atoms with van der Waals surface area (Å²) in [5.41, 5.74) is 1.03. The monoisotopic (exact) mass is 353 g/mol. The van der Waals surface area contributed by atoms with Crippen molar-refractivity contribution in [3.63, 3.8) is 0 Å². The summed E-state index contributed by atoms with van der Waals surface area (Å²) in [6.07, 6.45) is 2.72. The molecule has 0 spiro atoms. The molecule has 1 heterocycles. The maximum Gasteiger partial charge on any atom is 0.249 e. The molecule has 0 aliphatic carbocycles. The minimum Gasteiger partial charge on any atom is -0.383 e. The number of hydrogen-bond acceptors (Lipinski definition) is 4. The first-order valence-electron chi connectivity index (χ1n) is 8.59. The van der Waals surface area contributed by atoms with Crippen molar-refractivity contribution in [2.75, 3.05) is 40.5 Å². The van der Waals surface area contributed by atoms with E-state index >= 15 is 0 Å². The summed E-state index contributed by atoms with van der Waals surface area (Å²) < 4.78 is 12.1. The number of carbonyl (C=O) groups is 2. The fraction of sp³-hybridized carbons (Fsp3) is 0.667. The van der Waals surface area contributed by atoms with Gasteiger partial charge >= 0.3 is 0 Å². The lowest BCUT2D eigenvalue weighted by atomic mass is 10.2. The van der Waals surface area contributed by atoms with Crippen LogP contribution in [0.3, 0.4) is 0 Å². The minimum absolute atomic E-state index is 0.0203. The number of rotatable bonds is 11. The first kappa shape index (κ1) is 21.2. The van der Waals surface area contributed by atoms with E-state index in [0.717, 1.165) is 12.1 Å². The molecule has 1 atom stereocenters. The van der Waals surface area contributed by atoms with Crippen LogP contribution in [0, 0.1) is 0 Å². The number of amides is 2. The highest BCUT2D eigenvalue weighted by atomic mass is 16.5. The first-order valence-corrected chi connectivity index (χ1v) is 8.59. The Kier molecular flexibility index (Phi) is 9.23. The summed E-state index contributed by atoms with van der Waals surface area (Å²) in [6.45, 7) is 5.38. The van der Waals surface area contributed by atoms with Gasteiger partial charge in [0.25, 0.3) is 0 Å². The second kappa shape index (κ2) is 10.9. The molecule has 7 heteroatoms. The average molecular weight is 353 g/mol. The van der Waals surface area contributed by atoms with Crippen LogP contribution in [0.4, 0.5) is 0 Å². The topological polar surface area (TPSA) is 64.0 Å².